The van der Waals surface area contributed by atoms with Crippen molar-refractivity contribution >= 4 is 11.9 Å². The molecule has 2 aromatic rings. The number of amides is 1. The highest BCUT2D eigenvalue weighted by molar-refractivity contribution is 5.96. The molecule has 120 valence electrons. The fraction of sp³-hybridized carbons (Fsp3) is 0.235. The number of aromatic nitrogens is 1. The van der Waals surface area contributed by atoms with E-state index in [-0.39, 0.29) is 17.9 Å². The molecule has 0 fully saturated rings. The Morgan fingerprint density at radius 1 is 1.22 bits per heavy atom. The zero-order valence-electron chi connectivity index (χ0n) is 12.7. The summed E-state index contributed by atoms with van der Waals surface area (Å²) in [5.41, 5.74) is 1.01. The maximum Gasteiger partial charge on any atom is 0.305 e. The van der Waals surface area contributed by atoms with E-state index in [4.69, 9.17) is 9.84 Å². The minimum absolute atomic E-state index is 0.208. The van der Waals surface area contributed by atoms with Gasteiger partial charge < -0.3 is 15.2 Å². The Hall–Kier alpha value is -2.89. The van der Waals surface area contributed by atoms with Crippen LogP contribution in [0.3, 0.4) is 0 Å². The highest BCUT2D eigenvalue weighted by atomic mass is 16.5. The van der Waals surface area contributed by atoms with Crippen molar-refractivity contribution in [3.05, 3.63) is 59.8 Å². The molecular formula is C17H18N2O4. The van der Waals surface area contributed by atoms with Crippen molar-refractivity contribution in [2.24, 2.45) is 0 Å². The highest BCUT2D eigenvalue weighted by Gasteiger charge is 2.21. The number of nitrogens with zero attached hydrogens (tertiary/aromatic N) is 1. The minimum Gasteiger partial charge on any atom is -0.481 e. The number of carbonyl (C=O) groups excluding carboxylic acids is 1. The van der Waals surface area contributed by atoms with Gasteiger partial charge in [-0.2, -0.15) is 0 Å². The lowest BCUT2D eigenvalue weighted by atomic mass is 10.0. The smallest absolute Gasteiger partial charge is 0.305 e. The molecule has 0 unspecified atom stereocenters. The third-order valence-corrected chi connectivity index (χ3v) is 3.18. The molecule has 0 saturated heterocycles. The van der Waals surface area contributed by atoms with Crippen molar-refractivity contribution in [1.29, 1.82) is 0 Å². The van der Waals surface area contributed by atoms with Gasteiger partial charge in [0.25, 0.3) is 5.91 Å². The monoisotopic (exact) mass is 314 g/mol. The summed E-state index contributed by atoms with van der Waals surface area (Å²) >= 11 is 0. The number of ether oxygens (including phenoxy) is 1. The third kappa shape index (κ3) is 4.54. The van der Waals surface area contributed by atoms with E-state index >= 15 is 0 Å². The number of pyridine rings is 1. The van der Waals surface area contributed by atoms with Crippen molar-refractivity contribution in [2.75, 3.05) is 6.61 Å². The quantitative estimate of drug-likeness (QED) is 0.819. The summed E-state index contributed by atoms with van der Waals surface area (Å²) in [5, 5.41) is 11.8. The highest BCUT2D eigenvalue weighted by Crippen LogP contribution is 2.20. The van der Waals surface area contributed by atoms with Crippen molar-refractivity contribution in [2.45, 2.75) is 19.4 Å². The van der Waals surface area contributed by atoms with E-state index in [9.17, 15) is 9.59 Å². The van der Waals surface area contributed by atoms with Gasteiger partial charge in [-0.05, 0) is 24.6 Å². The molecule has 1 amide bonds. The van der Waals surface area contributed by atoms with Gasteiger partial charge in [-0.15, -0.1) is 0 Å². The van der Waals surface area contributed by atoms with E-state index in [1.807, 2.05) is 6.07 Å². The standard InChI is InChI=1S/C17H18N2O4/c1-2-23-17-13(9-6-10-18-17)16(22)19-14(11-15(20)21)12-7-4-3-5-8-12/h3-10,14H,2,11H2,1H3,(H,19,22)(H,20,21)/t14-/m0/s1. The normalized spacial score (nSPS) is 11.5. The van der Waals surface area contributed by atoms with E-state index in [1.165, 1.54) is 6.20 Å². The van der Waals surface area contributed by atoms with Crippen LogP contribution < -0.4 is 10.1 Å². The molecule has 23 heavy (non-hydrogen) atoms. The molecular weight excluding hydrogens is 296 g/mol. The lowest BCUT2D eigenvalue weighted by Crippen LogP contribution is -2.30. The number of hydrogen-bond acceptors (Lipinski definition) is 4. The number of carbonyl (C=O) groups is 2. The number of hydrogen-bond donors (Lipinski definition) is 2. The number of aliphatic carboxylic acids is 1. The minimum atomic E-state index is -0.990. The molecule has 1 aromatic carbocycles. The van der Waals surface area contributed by atoms with Crippen LogP contribution in [0.15, 0.2) is 48.7 Å². The number of rotatable bonds is 7. The van der Waals surface area contributed by atoms with Gasteiger partial charge in [0.05, 0.1) is 19.1 Å². The second-order valence-corrected chi connectivity index (χ2v) is 4.82. The van der Waals surface area contributed by atoms with Gasteiger partial charge in [-0.25, -0.2) is 4.98 Å². The maximum absolute atomic E-state index is 12.5. The van der Waals surface area contributed by atoms with Gasteiger partial charge in [0.2, 0.25) is 5.88 Å². The number of nitrogens with one attached hydrogen (secondary N) is 1. The Morgan fingerprint density at radius 2 is 1.96 bits per heavy atom. The zero-order valence-corrected chi connectivity index (χ0v) is 12.7. The number of carboxylic acid groups (broad SMARTS) is 1. The van der Waals surface area contributed by atoms with Crippen LogP contribution >= 0.6 is 0 Å². The van der Waals surface area contributed by atoms with Crippen LogP contribution in [0.2, 0.25) is 0 Å². The third-order valence-electron chi connectivity index (χ3n) is 3.18. The molecule has 0 aliphatic carbocycles. The first-order valence-electron chi connectivity index (χ1n) is 7.27. The Labute approximate surface area is 134 Å². The lowest BCUT2D eigenvalue weighted by Gasteiger charge is -2.18. The molecule has 1 heterocycles. The summed E-state index contributed by atoms with van der Waals surface area (Å²) in [7, 11) is 0. The van der Waals surface area contributed by atoms with Gasteiger partial charge in [-0.1, -0.05) is 30.3 Å². The van der Waals surface area contributed by atoms with Gasteiger partial charge in [0.15, 0.2) is 0 Å². The molecule has 1 aromatic heterocycles. The molecule has 6 heteroatoms. The molecule has 1 atom stereocenters. The van der Waals surface area contributed by atoms with Crippen LogP contribution in [0.4, 0.5) is 0 Å². The van der Waals surface area contributed by atoms with E-state index < -0.39 is 17.9 Å². The second-order valence-electron chi connectivity index (χ2n) is 4.82. The Balaban J connectivity index is 2.22. The van der Waals surface area contributed by atoms with E-state index in [0.717, 1.165) is 5.56 Å². The van der Waals surface area contributed by atoms with Crippen LogP contribution in [-0.2, 0) is 4.79 Å². The first-order valence-corrected chi connectivity index (χ1v) is 7.27. The molecule has 2 N–H and O–H groups in total. The predicted octanol–water partition coefficient (Wildman–Crippen LogP) is 2.43. The summed E-state index contributed by atoms with van der Waals surface area (Å²) in [6.45, 7) is 2.18. The molecule has 0 bridgehead atoms. The molecule has 0 aliphatic heterocycles. The fourth-order valence-electron chi connectivity index (χ4n) is 2.16. The SMILES string of the molecule is CCOc1ncccc1C(=O)N[C@@H](CC(=O)O)c1ccccc1. The lowest BCUT2D eigenvalue weighted by molar-refractivity contribution is -0.137. The van der Waals surface area contributed by atoms with Crippen molar-refractivity contribution < 1.29 is 19.4 Å². The van der Waals surface area contributed by atoms with Crippen LogP contribution in [0, 0.1) is 0 Å². The average molecular weight is 314 g/mol. The Morgan fingerprint density at radius 3 is 2.61 bits per heavy atom. The summed E-state index contributed by atoms with van der Waals surface area (Å²) in [6, 6.07) is 11.6. The first kappa shape index (κ1) is 16.5. The van der Waals surface area contributed by atoms with Crippen LogP contribution in [0.25, 0.3) is 0 Å². The molecule has 6 nitrogen and oxygen atoms in total. The summed E-state index contributed by atoms with van der Waals surface area (Å²) in [6.07, 6.45) is 1.33. The number of carboxylic acids is 1. The van der Waals surface area contributed by atoms with Crippen molar-refractivity contribution in [1.82, 2.24) is 10.3 Å². The van der Waals surface area contributed by atoms with Crippen LogP contribution in [-0.4, -0.2) is 28.6 Å². The van der Waals surface area contributed by atoms with E-state index in [1.54, 1.807) is 43.3 Å². The first-order chi connectivity index (χ1) is 11.1. The van der Waals surface area contributed by atoms with E-state index in [0.29, 0.717) is 6.61 Å². The van der Waals surface area contributed by atoms with Gasteiger partial charge >= 0.3 is 5.97 Å². The van der Waals surface area contributed by atoms with Gasteiger partial charge in [0, 0.05) is 6.20 Å². The average Bonchev–Trinajstić information content (AvgIpc) is 2.55. The number of benzene rings is 1. The van der Waals surface area contributed by atoms with Gasteiger partial charge in [0.1, 0.15) is 5.56 Å². The molecule has 0 spiro atoms. The topological polar surface area (TPSA) is 88.5 Å². The summed E-state index contributed by atoms with van der Waals surface area (Å²) < 4.78 is 5.34. The zero-order chi connectivity index (χ0) is 16.7. The second kappa shape index (κ2) is 7.93. The molecule has 0 radical (unpaired) electrons. The van der Waals surface area contributed by atoms with Crippen LogP contribution in [0.5, 0.6) is 5.88 Å². The largest absolute Gasteiger partial charge is 0.481 e. The molecule has 2 rings (SSSR count). The van der Waals surface area contributed by atoms with E-state index in [2.05, 4.69) is 10.3 Å². The summed E-state index contributed by atoms with van der Waals surface area (Å²) in [4.78, 5) is 27.6. The van der Waals surface area contributed by atoms with Crippen molar-refractivity contribution in [3.63, 3.8) is 0 Å². The fourth-order valence-corrected chi connectivity index (χ4v) is 2.16. The van der Waals surface area contributed by atoms with Gasteiger partial charge in [-0.3, -0.25) is 9.59 Å². The Bertz CT molecular complexity index is 673. The summed E-state index contributed by atoms with van der Waals surface area (Å²) in [5.74, 6) is -1.18. The van der Waals surface area contributed by atoms with Crippen LogP contribution in [0.1, 0.15) is 35.3 Å². The van der Waals surface area contributed by atoms with Crippen molar-refractivity contribution in [3.8, 4) is 5.88 Å². The molecule has 0 aliphatic rings. The molecule has 0 saturated carbocycles. The predicted molar refractivity (Wildman–Crippen MR) is 84.3 cm³/mol. The Kier molecular flexibility index (Phi) is 5.68. The maximum atomic E-state index is 12.5.